The van der Waals surface area contributed by atoms with Crippen LogP contribution in [0.15, 0.2) is 53.3 Å². The number of phenols is 1. The highest BCUT2D eigenvalue weighted by Crippen LogP contribution is 2.26. The molecule has 1 aromatic heterocycles. The van der Waals surface area contributed by atoms with Gasteiger partial charge >= 0.3 is 0 Å². The zero-order valence-corrected chi connectivity index (χ0v) is 14.0. The zero-order valence-electron chi connectivity index (χ0n) is 13.2. The van der Waals surface area contributed by atoms with Crippen molar-refractivity contribution in [2.45, 2.75) is 32.6 Å². The minimum Gasteiger partial charge on any atom is -0.508 e. The minimum atomic E-state index is 0.0295. The van der Waals surface area contributed by atoms with E-state index >= 15 is 0 Å². The van der Waals surface area contributed by atoms with Gasteiger partial charge in [-0.05, 0) is 53.6 Å². The van der Waals surface area contributed by atoms with Gasteiger partial charge in [-0.15, -0.1) is 0 Å². The summed E-state index contributed by atoms with van der Waals surface area (Å²) in [5.41, 5.74) is 3.01. The highest BCUT2D eigenvalue weighted by atomic mass is 32.1. The molecule has 1 N–H and O–H groups in total. The van der Waals surface area contributed by atoms with E-state index in [0.717, 1.165) is 27.6 Å². The predicted octanol–water partition coefficient (Wildman–Crippen LogP) is 5.37. The van der Waals surface area contributed by atoms with Gasteiger partial charge in [0.25, 0.3) is 0 Å². The molecule has 0 spiro atoms. The molecule has 23 heavy (non-hydrogen) atoms. The summed E-state index contributed by atoms with van der Waals surface area (Å²) in [6.45, 7) is 2.21. The number of benzene rings is 2. The van der Waals surface area contributed by atoms with E-state index in [2.05, 4.69) is 19.1 Å². The van der Waals surface area contributed by atoms with Crippen LogP contribution < -0.4 is 4.74 Å². The van der Waals surface area contributed by atoms with Crippen LogP contribution in [0.5, 0.6) is 5.75 Å². The first-order chi connectivity index (χ1) is 11.2. The van der Waals surface area contributed by atoms with E-state index in [4.69, 9.17) is 0 Å². The first-order valence-corrected chi connectivity index (χ1v) is 8.85. The van der Waals surface area contributed by atoms with Crippen molar-refractivity contribution in [2.75, 3.05) is 0 Å². The molecular weight excluding hydrogens is 304 g/mol. The third-order valence-corrected chi connectivity index (χ3v) is 5.03. The molecule has 0 aliphatic carbocycles. The van der Waals surface area contributed by atoms with Gasteiger partial charge < -0.3 is 5.11 Å². The van der Waals surface area contributed by atoms with Gasteiger partial charge in [0.2, 0.25) is 4.74 Å². The maximum atomic E-state index is 12.4. The number of unbranched alkanes of at least 4 members (excludes halogenated alkanes) is 2. The van der Waals surface area contributed by atoms with Crippen LogP contribution in [-0.4, -0.2) is 5.11 Å². The van der Waals surface area contributed by atoms with Crippen LogP contribution in [-0.2, 0) is 6.42 Å². The molecule has 0 atom stereocenters. The molecule has 0 amide bonds. The molecule has 0 aliphatic rings. The quantitative estimate of drug-likeness (QED) is 0.641. The van der Waals surface area contributed by atoms with Crippen molar-refractivity contribution in [2.24, 2.45) is 0 Å². The van der Waals surface area contributed by atoms with Gasteiger partial charge in [-0.2, -0.15) is 0 Å². The van der Waals surface area contributed by atoms with E-state index < -0.39 is 0 Å². The van der Waals surface area contributed by atoms with Gasteiger partial charge in [0.05, 0.1) is 0 Å². The van der Waals surface area contributed by atoms with Gasteiger partial charge in [-0.25, -0.2) is 0 Å². The molecule has 0 unspecified atom stereocenters. The lowest BCUT2D eigenvalue weighted by molar-refractivity contribution is 0.476. The molecule has 0 aliphatic heterocycles. The molecule has 3 heteroatoms. The van der Waals surface area contributed by atoms with Gasteiger partial charge in [0, 0.05) is 10.3 Å². The summed E-state index contributed by atoms with van der Waals surface area (Å²) < 4.78 is 0.844. The lowest BCUT2D eigenvalue weighted by atomic mass is 10.0. The smallest absolute Gasteiger partial charge is 0.240 e. The van der Waals surface area contributed by atoms with Crippen molar-refractivity contribution in [1.82, 2.24) is 0 Å². The number of rotatable bonds is 5. The molecule has 118 valence electrons. The summed E-state index contributed by atoms with van der Waals surface area (Å²) in [5.74, 6) is 0.192. The maximum absolute atomic E-state index is 12.4. The summed E-state index contributed by atoms with van der Waals surface area (Å²) in [4.78, 5) is 12.4. The zero-order chi connectivity index (χ0) is 16.2. The maximum Gasteiger partial charge on any atom is 0.240 e. The second-order valence-electron chi connectivity index (χ2n) is 5.82. The number of aromatic hydroxyl groups is 1. The van der Waals surface area contributed by atoms with E-state index in [0.29, 0.717) is 0 Å². The monoisotopic (exact) mass is 324 g/mol. The number of phenolic OH excluding ortho intramolecular Hbond substituents is 1. The Balaban J connectivity index is 1.92. The molecule has 0 bridgehead atoms. The molecule has 0 saturated heterocycles. The van der Waals surface area contributed by atoms with Crippen LogP contribution in [0, 0.1) is 0 Å². The summed E-state index contributed by atoms with van der Waals surface area (Å²) in [7, 11) is 0. The average molecular weight is 324 g/mol. The van der Waals surface area contributed by atoms with Crippen molar-refractivity contribution < 1.29 is 5.11 Å². The molecule has 1 heterocycles. The first-order valence-electron chi connectivity index (χ1n) is 8.03. The Bertz CT molecular complexity index is 863. The van der Waals surface area contributed by atoms with Gasteiger partial charge in [0.15, 0.2) is 0 Å². The van der Waals surface area contributed by atoms with Crippen LogP contribution in [0.25, 0.3) is 21.2 Å². The molecule has 3 rings (SSSR count). The van der Waals surface area contributed by atoms with Crippen molar-refractivity contribution in [3.63, 3.8) is 0 Å². The summed E-state index contributed by atoms with van der Waals surface area (Å²) in [6, 6.07) is 15.4. The van der Waals surface area contributed by atoms with E-state index in [1.165, 1.54) is 36.2 Å². The van der Waals surface area contributed by atoms with Gasteiger partial charge in [0.1, 0.15) is 5.75 Å². The Kier molecular flexibility index (Phi) is 4.77. The molecule has 0 radical (unpaired) electrons. The van der Waals surface area contributed by atoms with Crippen LogP contribution in [0.3, 0.4) is 0 Å². The Hall–Kier alpha value is -2.13. The van der Waals surface area contributed by atoms with Crippen LogP contribution in [0.4, 0.5) is 0 Å². The third kappa shape index (κ3) is 3.62. The summed E-state index contributed by atoms with van der Waals surface area (Å²) >= 11 is 1.18. The van der Waals surface area contributed by atoms with Gasteiger partial charge in [-0.1, -0.05) is 55.4 Å². The van der Waals surface area contributed by atoms with Crippen molar-refractivity contribution in [1.29, 1.82) is 0 Å². The predicted molar refractivity (Wildman–Crippen MR) is 98.4 cm³/mol. The average Bonchev–Trinajstić information content (AvgIpc) is 2.55. The van der Waals surface area contributed by atoms with Crippen LogP contribution >= 0.6 is 11.3 Å². The second-order valence-corrected chi connectivity index (χ2v) is 6.84. The first kappa shape index (κ1) is 15.8. The Morgan fingerprint density at radius 2 is 1.78 bits per heavy atom. The highest BCUT2D eigenvalue weighted by molar-refractivity contribution is 7.16. The number of fused-ring (bicyclic) bond motifs is 1. The molecule has 2 aromatic carbocycles. The highest BCUT2D eigenvalue weighted by Gasteiger charge is 2.07. The van der Waals surface area contributed by atoms with E-state index in [1.807, 2.05) is 24.3 Å². The number of hydrogen-bond donors (Lipinski definition) is 1. The molecule has 0 saturated carbocycles. The van der Waals surface area contributed by atoms with Crippen molar-refractivity contribution >= 4 is 21.4 Å². The second kappa shape index (κ2) is 6.97. The Morgan fingerprint density at radius 3 is 2.52 bits per heavy atom. The topological polar surface area (TPSA) is 37.3 Å². The molecule has 2 nitrogen and oxygen atoms in total. The Labute approximate surface area is 140 Å². The summed E-state index contributed by atoms with van der Waals surface area (Å²) in [5, 5.41) is 10.5. The fraction of sp³-hybridized carbons (Fsp3) is 0.250. The van der Waals surface area contributed by atoms with E-state index in [-0.39, 0.29) is 10.5 Å². The fourth-order valence-electron chi connectivity index (χ4n) is 2.73. The SMILES string of the molecule is CCCCCc1ccc(-c2cc3ccc(O)cc3sc2=O)cc1. The minimum absolute atomic E-state index is 0.0295. The van der Waals surface area contributed by atoms with Crippen molar-refractivity contribution in [3.05, 3.63) is 63.6 Å². The van der Waals surface area contributed by atoms with Gasteiger partial charge in [-0.3, -0.25) is 4.79 Å². The lowest BCUT2D eigenvalue weighted by Crippen LogP contribution is -1.99. The van der Waals surface area contributed by atoms with E-state index in [1.54, 1.807) is 12.1 Å². The normalized spacial score (nSPS) is 11.0. The third-order valence-electron chi connectivity index (χ3n) is 4.05. The standard InChI is InChI=1S/C20H20O2S/c1-2-3-4-5-14-6-8-15(9-7-14)18-12-16-10-11-17(21)13-19(16)23-20(18)22/h6-13,21H,2-5H2,1H3. The Morgan fingerprint density at radius 1 is 1.00 bits per heavy atom. The van der Waals surface area contributed by atoms with Crippen molar-refractivity contribution in [3.8, 4) is 16.9 Å². The van der Waals surface area contributed by atoms with E-state index in [9.17, 15) is 9.90 Å². The summed E-state index contributed by atoms with van der Waals surface area (Å²) in [6.07, 6.45) is 4.79. The van der Waals surface area contributed by atoms with Crippen LogP contribution in [0.1, 0.15) is 31.7 Å². The largest absolute Gasteiger partial charge is 0.508 e. The number of hydrogen-bond acceptors (Lipinski definition) is 3. The molecule has 3 aromatic rings. The molecular formula is C20H20O2S. The number of aryl methyl sites for hydroxylation is 1. The fourth-order valence-corrected chi connectivity index (χ4v) is 3.64. The lowest BCUT2D eigenvalue weighted by Gasteiger charge is -2.05. The molecule has 0 fully saturated rings. The van der Waals surface area contributed by atoms with Crippen LogP contribution in [0.2, 0.25) is 0 Å².